The zero-order valence-corrected chi connectivity index (χ0v) is 27.8. The van der Waals surface area contributed by atoms with E-state index in [0.29, 0.717) is 16.8 Å². The monoisotopic (exact) mass is 675 g/mol. The summed E-state index contributed by atoms with van der Waals surface area (Å²) >= 11 is 0. The largest absolute Gasteiger partial charge is 0.427 e. The Hall–Kier alpha value is -5.10. The predicted octanol–water partition coefficient (Wildman–Crippen LogP) is 3.23. The van der Waals surface area contributed by atoms with Crippen LogP contribution in [0.4, 0.5) is 0 Å². The topological polar surface area (TPSA) is 217 Å². The molecule has 1 aromatic heterocycles. The summed E-state index contributed by atoms with van der Waals surface area (Å²) in [6.07, 6.45) is -1.11. The molecule has 0 aliphatic carbocycles. The number of esters is 1. The van der Waals surface area contributed by atoms with E-state index < -0.39 is 18.4 Å². The highest BCUT2D eigenvalue weighted by atomic mass is 17.1. The molecule has 3 unspecified atom stereocenters. The standard InChI is InChI=1S/C8H7N3O2.C8H8O2.C7H11NO4.C6H9NO4.C2H6/c1-6(12)13-11-8-5-3-2-4-7(8)9-10-11;1-7(9)10-8-5-3-2-4-6-8;1-4-3-6(9)8(7(4)10)5(2)12-11;1-4(11-10)7-5(8)2-3-6(7)9;1-2/h2-5H,1H3;2-6H,1H3;4-5,11H,3H2,1-2H3;4,10H,2-3H2,1H3;1-2H3. The van der Waals surface area contributed by atoms with Crippen molar-refractivity contribution in [1.82, 2.24) is 25.0 Å². The van der Waals surface area contributed by atoms with Gasteiger partial charge in [0.2, 0.25) is 23.6 Å². The Kier molecular flexibility index (Phi) is 17.8. The van der Waals surface area contributed by atoms with E-state index in [4.69, 9.17) is 20.1 Å². The van der Waals surface area contributed by atoms with Crippen LogP contribution in [0.25, 0.3) is 11.0 Å². The van der Waals surface area contributed by atoms with E-state index in [0.717, 1.165) is 14.6 Å². The van der Waals surface area contributed by atoms with E-state index >= 15 is 0 Å². The van der Waals surface area contributed by atoms with Crippen LogP contribution in [-0.2, 0) is 38.5 Å². The minimum Gasteiger partial charge on any atom is -0.427 e. The number of para-hydroxylation sites is 2. The maximum atomic E-state index is 11.2. The second kappa shape index (κ2) is 20.9. The Balaban J connectivity index is 0.000000316. The van der Waals surface area contributed by atoms with Gasteiger partial charge in [0.1, 0.15) is 16.8 Å². The molecule has 4 amide bonds. The first-order valence-corrected chi connectivity index (χ1v) is 14.8. The number of imide groups is 2. The maximum Gasteiger partial charge on any atom is 0.332 e. The number of likely N-dealkylation sites (tertiary alicyclic amines) is 2. The quantitative estimate of drug-likeness (QED) is 0.0958. The first-order valence-electron chi connectivity index (χ1n) is 14.8. The van der Waals surface area contributed by atoms with Gasteiger partial charge < -0.3 is 9.57 Å². The lowest BCUT2D eigenvalue weighted by molar-refractivity contribution is -0.299. The average molecular weight is 676 g/mol. The number of hydrogen-bond donors (Lipinski definition) is 2. The number of ether oxygens (including phenoxy) is 1. The summed E-state index contributed by atoms with van der Waals surface area (Å²) in [4.78, 5) is 80.7. The van der Waals surface area contributed by atoms with Crippen molar-refractivity contribution in [2.75, 3.05) is 0 Å². The fourth-order valence-electron chi connectivity index (χ4n) is 3.97. The van der Waals surface area contributed by atoms with E-state index in [1.807, 2.05) is 44.2 Å². The summed E-state index contributed by atoms with van der Waals surface area (Å²) < 4.78 is 4.78. The molecule has 17 heteroatoms. The van der Waals surface area contributed by atoms with Crippen LogP contribution in [0.5, 0.6) is 5.75 Å². The molecule has 17 nitrogen and oxygen atoms in total. The van der Waals surface area contributed by atoms with E-state index in [-0.39, 0.29) is 54.8 Å². The summed E-state index contributed by atoms with van der Waals surface area (Å²) in [7, 11) is 0. The predicted molar refractivity (Wildman–Crippen MR) is 167 cm³/mol. The van der Waals surface area contributed by atoms with E-state index in [1.165, 1.54) is 27.7 Å². The highest BCUT2D eigenvalue weighted by Gasteiger charge is 2.39. The van der Waals surface area contributed by atoms with Gasteiger partial charge in [0.25, 0.3) is 0 Å². The number of aromatic nitrogens is 3. The Morgan fingerprint density at radius 1 is 0.792 bits per heavy atom. The van der Waals surface area contributed by atoms with Crippen molar-refractivity contribution >= 4 is 46.6 Å². The van der Waals surface area contributed by atoms with Crippen LogP contribution in [-0.4, -0.2) is 83.5 Å². The van der Waals surface area contributed by atoms with Gasteiger partial charge in [-0.25, -0.2) is 25.1 Å². The Morgan fingerprint density at radius 2 is 1.31 bits per heavy atom. The van der Waals surface area contributed by atoms with Gasteiger partial charge in [0, 0.05) is 39.0 Å². The SMILES string of the molecule is CC.CC(=O)Oc1ccccc1.CC(=O)On1nnc2ccccc21.CC(OO)N1C(=O)CCC1=O.CC1CC(=O)N(C(C)OO)C1=O. The summed E-state index contributed by atoms with van der Waals surface area (Å²) in [5.74, 6) is -1.59. The van der Waals surface area contributed by atoms with Gasteiger partial charge in [-0.05, 0) is 43.3 Å². The third-order valence-corrected chi connectivity index (χ3v) is 6.07. The molecule has 3 aromatic rings. The van der Waals surface area contributed by atoms with Crippen LogP contribution in [0.15, 0.2) is 54.6 Å². The van der Waals surface area contributed by atoms with Crippen molar-refractivity contribution in [3.63, 3.8) is 0 Å². The fourth-order valence-corrected chi connectivity index (χ4v) is 3.97. The number of hydrogen-bond acceptors (Lipinski definition) is 14. The zero-order valence-electron chi connectivity index (χ0n) is 27.8. The number of fused-ring (bicyclic) bond motifs is 1. The van der Waals surface area contributed by atoms with Gasteiger partial charge in [-0.3, -0.25) is 33.8 Å². The second-order valence-corrected chi connectivity index (χ2v) is 9.71. The minimum atomic E-state index is -0.880. The van der Waals surface area contributed by atoms with Crippen molar-refractivity contribution in [2.24, 2.45) is 5.92 Å². The number of benzene rings is 2. The normalized spacial score (nSPS) is 16.2. The number of carbonyl (C=O) groups excluding carboxylic acids is 6. The number of amides is 4. The number of rotatable bonds is 6. The summed E-state index contributed by atoms with van der Waals surface area (Å²) in [6.45, 7) is 11.2. The number of carbonyl (C=O) groups is 6. The molecular formula is C31H41N5O12. The molecule has 2 aromatic carbocycles. The van der Waals surface area contributed by atoms with Crippen LogP contribution >= 0.6 is 0 Å². The first-order chi connectivity index (χ1) is 22.8. The van der Waals surface area contributed by atoms with Gasteiger partial charge in [0.05, 0.1) is 0 Å². The number of nitrogens with zero attached hydrogens (tertiary/aromatic N) is 5. The highest BCUT2D eigenvalue weighted by molar-refractivity contribution is 6.03. The van der Waals surface area contributed by atoms with Crippen molar-refractivity contribution in [2.45, 2.75) is 80.2 Å². The van der Waals surface area contributed by atoms with Gasteiger partial charge >= 0.3 is 11.9 Å². The maximum absolute atomic E-state index is 11.2. The second-order valence-electron chi connectivity index (χ2n) is 9.71. The third-order valence-electron chi connectivity index (χ3n) is 6.07. The van der Waals surface area contributed by atoms with Crippen LogP contribution in [0, 0.1) is 5.92 Å². The highest BCUT2D eigenvalue weighted by Crippen LogP contribution is 2.21. The molecule has 3 heterocycles. The molecule has 3 atom stereocenters. The molecule has 48 heavy (non-hydrogen) atoms. The molecule has 0 bridgehead atoms. The van der Waals surface area contributed by atoms with Crippen molar-refractivity contribution in [1.29, 1.82) is 0 Å². The molecule has 2 saturated heterocycles. The molecule has 2 N–H and O–H groups in total. The molecular weight excluding hydrogens is 634 g/mol. The average Bonchev–Trinajstić information content (AvgIpc) is 3.71. The Morgan fingerprint density at radius 3 is 1.79 bits per heavy atom. The molecule has 2 aliphatic heterocycles. The summed E-state index contributed by atoms with van der Waals surface area (Å²) in [5.41, 5.74) is 1.38. The van der Waals surface area contributed by atoms with Gasteiger partial charge in [-0.15, -0.1) is 5.10 Å². The molecule has 0 radical (unpaired) electrons. The molecule has 2 fully saturated rings. The van der Waals surface area contributed by atoms with Crippen molar-refractivity contribution in [3.8, 4) is 5.75 Å². The van der Waals surface area contributed by atoms with Gasteiger partial charge in [0.15, 0.2) is 12.5 Å². The lowest BCUT2D eigenvalue weighted by Gasteiger charge is -2.18. The molecule has 0 spiro atoms. The van der Waals surface area contributed by atoms with Crippen molar-refractivity contribution in [3.05, 3.63) is 54.6 Å². The third kappa shape index (κ3) is 12.6. The minimum absolute atomic E-state index is 0.201. The van der Waals surface area contributed by atoms with Crippen LogP contribution in [0.3, 0.4) is 0 Å². The smallest absolute Gasteiger partial charge is 0.332 e. The van der Waals surface area contributed by atoms with E-state index in [1.54, 1.807) is 31.2 Å². The van der Waals surface area contributed by atoms with Crippen molar-refractivity contribution < 1.29 is 58.6 Å². The Labute approximate surface area is 276 Å². The Bertz CT molecular complexity index is 1500. The van der Waals surface area contributed by atoms with Gasteiger partial charge in [-0.1, -0.05) is 55.9 Å². The lowest BCUT2D eigenvalue weighted by atomic mass is 10.1. The van der Waals surface area contributed by atoms with Gasteiger partial charge in [-0.2, -0.15) is 0 Å². The van der Waals surface area contributed by atoms with E-state index in [9.17, 15) is 28.8 Å². The zero-order chi connectivity index (χ0) is 36.4. The molecule has 2 aliphatic rings. The van der Waals surface area contributed by atoms with Crippen LogP contribution < -0.4 is 9.57 Å². The lowest BCUT2D eigenvalue weighted by Crippen LogP contribution is -2.39. The van der Waals surface area contributed by atoms with Crippen LogP contribution in [0.1, 0.15) is 67.7 Å². The summed E-state index contributed by atoms with van der Waals surface area (Å²) in [5, 5.41) is 23.9. The summed E-state index contributed by atoms with van der Waals surface area (Å²) in [6, 6.07) is 16.2. The van der Waals surface area contributed by atoms with E-state index in [2.05, 4.69) is 20.1 Å². The molecule has 262 valence electrons. The fraction of sp³-hybridized carbons (Fsp3) is 0.419. The van der Waals surface area contributed by atoms with Crippen LogP contribution in [0.2, 0.25) is 0 Å². The first kappa shape index (κ1) is 40.9. The molecule has 0 saturated carbocycles. The molecule has 5 rings (SSSR count).